The summed E-state index contributed by atoms with van der Waals surface area (Å²) in [6, 6.07) is 19.2. The van der Waals surface area contributed by atoms with Crippen LogP contribution in [-0.4, -0.2) is 20.1 Å². The Morgan fingerprint density at radius 3 is 1.82 bits per heavy atom. The van der Waals surface area contributed by atoms with Crippen LogP contribution in [0.15, 0.2) is 60.7 Å². The summed E-state index contributed by atoms with van der Waals surface area (Å²) in [5.74, 6) is 2.38. The van der Waals surface area contributed by atoms with Crippen LogP contribution in [0.2, 0.25) is 0 Å². The highest BCUT2D eigenvalue weighted by Gasteiger charge is 2.22. The molecule has 167 valence electrons. The van der Waals surface area contributed by atoms with Crippen LogP contribution in [0.1, 0.15) is 41.4 Å². The molecule has 0 fully saturated rings. The van der Waals surface area contributed by atoms with Gasteiger partial charge in [0, 0.05) is 17.2 Å². The number of phenolic OH excluding ortho intramolecular Hbond substituents is 1. The second-order valence-electron chi connectivity index (χ2n) is 8.32. The zero-order valence-electron chi connectivity index (χ0n) is 19.7. The lowest BCUT2D eigenvalue weighted by Gasteiger charge is -2.17. The predicted octanol–water partition coefficient (Wildman–Crippen LogP) is 6.51. The fraction of sp³-hybridized carbons (Fsp3) is 0.214. The molecule has 0 bridgehead atoms. The zero-order valence-corrected chi connectivity index (χ0v) is 19.7. The third-order valence-corrected chi connectivity index (χ3v) is 5.51. The first-order valence-corrected chi connectivity index (χ1v) is 11.1. The van der Waals surface area contributed by atoms with Gasteiger partial charge in [-0.3, -0.25) is 0 Å². The number of hydrogen-bond acceptors (Lipinski definition) is 5. The Bertz CT molecular complexity index is 1230. The van der Waals surface area contributed by atoms with E-state index in [0.717, 1.165) is 22.3 Å². The van der Waals surface area contributed by atoms with E-state index in [2.05, 4.69) is 64.1 Å². The molecule has 1 heterocycles. The Morgan fingerprint density at radius 1 is 0.758 bits per heavy atom. The normalized spacial score (nSPS) is 11.1. The summed E-state index contributed by atoms with van der Waals surface area (Å²) in [7, 11) is 0. The third kappa shape index (κ3) is 5.03. The first-order chi connectivity index (χ1) is 15.8. The number of nitrogens with zero attached hydrogens (tertiary/aromatic N) is 3. The van der Waals surface area contributed by atoms with Gasteiger partial charge in [-0.1, -0.05) is 60.5 Å². The molecule has 0 spiro atoms. The summed E-state index contributed by atoms with van der Waals surface area (Å²) < 4.78 is 6.11. The van der Waals surface area contributed by atoms with Gasteiger partial charge in [-0.15, -0.1) is 0 Å². The van der Waals surface area contributed by atoms with Gasteiger partial charge in [0.05, 0.1) is 0 Å². The van der Waals surface area contributed by atoms with Crippen molar-refractivity contribution in [2.45, 2.75) is 41.0 Å². The van der Waals surface area contributed by atoms with Crippen molar-refractivity contribution in [3.05, 3.63) is 94.8 Å². The summed E-state index contributed by atoms with van der Waals surface area (Å²) in [6.07, 6.45) is 1.19. The average molecular weight is 439 g/mol. The van der Waals surface area contributed by atoms with Crippen molar-refractivity contribution in [3.63, 3.8) is 0 Å². The fourth-order valence-corrected chi connectivity index (χ4v) is 3.84. The largest absolute Gasteiger partial charge is 0.508 e. The van der Waals surface area contributed by atoms with Crippen LogP contribution in [-0.2, 0) is 0 Å². The molecule has 0 aliphatic heterocycles. The van der Waals surface area contributed by atoms with Gasteiger partial charge in [-0.05, 0) is 57.4 Å². The Balaban J connectivity index is 1.86. The van der Waals surface area contributed by atoms with Crippen molar-refractivity contribution >= 4 is 0 Å². The standard InChI is InChI=1S/C28H28N3O2/c1-6-25(33-22-9-7-8-21(32)16-22)28-30-26(23-12-10-17(2)14-19(23)4)29-27(31-28)24-13-11-18(3)15-20(24)5/h7-16,32H,6H2,1-5H3. The van der Waals surface area contributed by atoms with Crippen molar-refractivity contribution in [3.8, 4) is 34.3 Å². The zero-order chi connectivity index (χ0) is 23.5. The van der Waals surface area contributed by atoms with Crippen molar-refractivity contribution < 1.29 is 9.84 Å². The third-order valence-electron chi connectivity index (χ3n) is 5.51. The molecule has 0 saturated carbocycles. The Hall–Kier alpha value is -3.73. The number of aromatic nitrogens is 3. The van der Waals surface area contributed by atoms with Crippen LogP contribution in [0.25, 0.3) is 22.8 Å². The minimum Gasteiger partial charge on any atom is -0.508 e. The van der Waals surface area contributed by atoms with E-state index in [4.69, 9.17) is 19.7 Å². The molecule has 0 saturated heterocycles. The lowest BCUT2D eigenvalue weighted by molar-refractivity contribution is 0.327. The highest BCUT2D eigenvalue weighted by Crippen LogP contribution is 2.30. The molecule has 33 heavy (non-hydrogen) atoms. The molecule has 5 nitrogen and oxygen atoms in total. The van der Waals surface area contributed by atoms with Gasteiger partial charge >= 0.3 is 0 Å². The minimum atomic E-state index is 0.144. The van der Waals surface area contributed by atoms with Crippen LogP contribution in [0, 0.1) is 33.8 Å². The summed E-state index contributed by atoms with van der Waals surface area (Å²) in [6.45, 7) is 10.3. The number of ether oxygens (including phenoxy) is 1. The van der Waals surface area contributed by atoms with E-state index in [1.807, 2.05) is 6.92 Å². The van der Waals surface area contributed by atoms with Crippen molar-refractivity contribution in [2.24, 2.45) is 0 Å². The SMILES string of the molecule is CC[C](Oc1cccc(O)c1)c1nc(-c2ccc(C)cc2C)nc(-c2ccc(C)cc2C)n1. The molecule has 1 N–H and O–H groups in total. The molecular formula is C28H28N3O2. The molecule has 0 atom stereocenters. The first kappa shape index (κ1) is 22.5. The van der Waals surface area contributed by atoms with Crippen molar-refractivity contribution in [1.29, 1.82) is 0 Å². The van der Waals surface area contributed by atoms with E-state index >= 15 is 0 Å². The lowest BCUT2D eigenvalue weighted by Crippen LogP contribution is -2.14. The molecule has 5 heteroatoms. The lowest BCUT2D eigenvalue weighted by atomic mass is 10.0. The topological polar surface area (TPSA) is 68.1 Å². The number of rotatable bonds is 6. The smallest absolute Gasteiger partial charge is 0.214 e. The molecule has 0 amide bonds. The average Bonchev–Trinajstić information content (AvgIpc) is 2.77. The number of benzene rings is 3. The highest BCUT2D eigenvalue weighted by molar-refractivity contribution is 5.66. The maximum absolute atomic E-state index is 9.83. The second-order valence-corrected chi connectivity index (χ2v) is 8.32. The number of hydrogen-bond donors (Lipinski definition) is 1. The molecular weight excluding hydrogens is 410 g/mol. The van der Waals surface area contributed by atoms with E-state index in [1.54, 1.807) is 24.3 Å². The van der Waals surface area contributed by atoms with Gasteiger partial charge in [0.15, 0.2) is 17.5 Å². The van der Waals surface area contributed by atoms with E-state index in [9.17, 15) is 5.11 Å². The molecule has 0 aliphatic carbocycles. The molecule has 3 aromatic carbocycles. The summed E-state index contributed by atoms with van der Waals surface area (Å²) >= 11 is 0. The summed E-state index contributed by atoms with van der Waals surface area (Å²) in [5.41, 5.74) is 6.50. The predicted molar refractivity (Wildman–Crippen MR) is 131 cm³/mol. The van der Waals surface area contributed by atoms with Crippen LogP contribution >= 0.6 is 0 Å². The van der Waals surface area contributed by atoms with Crippen LogP contribution in [0.3, 0.4) is 0 Å². The van der Waals surface area contributed by atoms with Gasteiger partial charge in [0.1, 0.15) is 11.5 Å². The van der Waals surface area contributed by atoms with Gasteiger partial charge in [0.2, 0.25) is 6.10 Å². The summed E-state index contributed by atoms with van der Waals surface area (Å²) in [4.78, 5) is 14.5. The van der Waals surface area contributed by atoms with Crippen LogP contribution in [0.4, 0.5) is 0 Å². The Labute approximate surface area is 195 Å². The first-order valence-electron chi connectivity index (χ1n) is 11.1. The van der Waals surface area contributed by atoms with Gasteiger partial charge < -0.3 is 9.84 Å². The summed E-state index contributed by atoms with van der Waals surface area (Å²) in [5, 5.41) is 9.83. The quantitative estimate of drug-likeness (QED) is 0.371. The van der Waals surface area contributed by atoms with E-state index in [-0.39, 0.29) is 5.75 Å². The molecule has 4 rings (SSSR count). The number of phenols is 1. The van der Waals surface area contributed by atoms with Crippen molar-refractivity contribution in [1.82, 2.24) is 15.0 Å². The maximum atomic E-state index is 9.83. The molecule has 0 aliphatic rings. The van der Waals surface area contributed by atoms with Gasteiger partial charge in [0.25, 0.3) is 0 Å². The maximum Gasteiger partial charge on any atom is 0.214 e. The van der Waals surface area contributed by atoms with Gasteiger partial charge in [-0.2, -0.15) is 0 Å². The van der Waals surface area contributed by atoms with Gasteiger partial charge in [-0.25, -0.2) is 15.0 Å². The minimum absolute atomic E-state index is 0.144. The number of aryl methyl sites for hydroxylation is 4. The molecule has 4 aromatic rings. The van der Waals surface area contributed by atoms with E-state index in [0.29, 0.717) is 35.7 Å². The Kier molecular flexibility index (Phi) is 6.40. The van der Waals surface area contributed by atoms with Crippen molar-refractivity contribution in [2.75, 3.05) is 0 Å². The number of aromatic hydroxyl groups is 1. The highest BCUT2D eigenvalue weighted by atomic mass is 16.5. The fourth-order valence-electron chi connectivity index (χ4n) is 3.84. The van der Waals surface area contributed by atoms with Crippen LogP contribution < -0.4 is 4.74 Å². The van der Waals surface area contributed by atoms with E-state index in [1.165, 1.54) is 11.1 Å². The monoisotopic (exact) mass is 438 g/mol. The molecule has 1 aromatic heterocycles. The Morgan fingerprint density at radius 2 is 1.33 bits per heavy atom. The van der Waals surface area contributed by atoms with E-state index < -0.39 is 0 Å². The molecule has 1 radical (unpaired) electrons. The molecule has 0 unspecified atom stereocenters. The second kappa shape index (κ2) is 9.41. The van der Waals surface area contributed by atoms with Crippen LogP contribution in [0.5, 0.6) is 11.5 Å².